The molecule has 0 N–H and O–H groups in total. The molecule has 1 unspecified atom stereocenters. The van der Waals surface area contributed by atoms with E-state index in [0.29, 0.717) is 31.1 Å². The highest BCUT2D eigenvalue weighted by molar-refractivity contribution is 6.32. The summed E-state index contributed by atoms with van der Waals surface area (Å²) in [4.78, 5) is 23.2. The largest absolute Gasteiger partial charge is 0.490 e. The van der Waals surface area contributed by atoms with Crippen molar-refractivity contribution >= 4 is 23.5 Å². The van der Waals surface area contributed by atoms with Crippen LogP contribution in [0.15, 0.2) is 30.6 Å². The Morgan fingerprint density at radius 3 is 2.89 bits per heavy atom. The van der Waals surface area contributed by atoms with Crippen molar-refractivity contribution in [1.82, 2.24) is 9.97 Å². The van der Waals surface area contributed by atoms with Gasteiger partial charge in [-0.15, -0.1) is 0 Å². The summed E-state index contributed by atoms with van der Waals surface area (Å²) in [6.07, 6.45) is 4.89. The van der Waals surface area contributed by atoms with E-state index in [2.05, 4.69) is 9.97 Å². The van der Waals surface area contributed by atoms with Crippen molar-refractivity contribution in [3.63, 3.8) is 0 Å². The van der Waals surface area contributed by atoms with E-state index in [1.807, 2.05) is 11.0 Å². The average Bonchev–Trinajstić information content (AvgIpc) is 2.71. The van der Waals surface area contributed by atoms with Crippen molar-refractivity contribution in [1.29, 1.82) is 5.26 Å². The Morgan fingerprint density at radius 2 is 2.19 bits per heavy atom. The van der Waals surface area contributed by atoms with E-state index >= 15 is 0 Å². The van der Waals surface area contributed by atoms with Gasteiger partial charge in [-0.25, -0.2) is 9.97 Å². The molecule has 2 aromatic rings. The van der Waals surface area contributed by atoms with Crippen LogP contribution in [0.2, 0.25) is 5.02 Å². The maximum absolute atomic E-state index is 12.7. The summed E-state index contributed by atoms with van der Waals surface area (Å²) in [5, 5.41) is 9.25. The van der Waals surface area contributed by atoms with Crippen molar-refractivity contribution in [3.05, 3.63) is 41.2 Å². The quantitative estimate of drug-likeness (QED) is 0.575. The molecule has 27 heavy (non-hydrogen) atoms. The first-order valence-electron chi connectivity index (χ1n) is 8.72. The van der Waals surface area contributed by atoms with Gasteiger partial charge in [0.2, 0.25) is 5.95 Å². The predicted molar refractivity (Wildman–Crippen MR) is 99.9 cm³/mol. The number of nitriles is 1. The number of rotatable bonds is 5. The van der Waals surface area contributed by atoms with Gasteiger partial charge in [0.1, 0.15) is 0 Å². The number of esters is 1. The number of hydrogen-bond acceptors (Lipinski definition) is 7. The van der Waals surface area contributed by atoms with Crippen LogP contribution in [0.25, 0.3) is 0 Å². The zero-order valence-corrected chi connectivity index (χ0v) is 15.6. The molecule has 1 aromatic heterocycles. The highest BCUT2D eigenvalue weighted by atomic mass is 35.5. The molecule has 140 valence electrons. The molecule has 1 aromatic carbocycles. The van der Waals surface area contributed by atoms with E-state index in [-0.39, 0.29) is 28.4 Å². The third-order valence-corrected chi connectivity index (χ3v) is 4.51. The number of ether oxygens (including phenoxy) is 2. The second-order valence-corrected chi connectivity index (χ2v) is 6.49. The van der Waals surface area contributed by atoms with Crippen molar-refractivity contribution in [2.75, 3.05) is 24.6 Å². The van der Waals surface area contributed by atoms with Crippen LogP contribution in [0, 0.1) is 17.2 Å². The molecular formula is C19H19ClN4O3. The number of carbonyl (C=O) groups is 1. The number of benzene rings is 1. The lowest BCUT2D eigenvalue weighted by molar-refractivity contribution is -0.139. The summed E-state index contributed by atoms with van der Waals surface area (Å²) >= 11 is 6.22. The highest BCUT2D eigenvalue weighted by Crippen LogP contribution is 2.37. The summed E-state index contributed by atoms with van der Waals surface area (Å²) in [5.41, 5.74) is 0.341. The number of nitrogens with zero attached hydrogens (tertiary/aromatic N) is 4. The normalized spacial score (nSPS) is 16.5. The standard InChI is InChI=1S/C19H19ClN4O3/c1-2-26-16-10-13(11-21)9-15(20)17(16)27-18(25)14-5-3-8-24(12-14)19-22-6-4-7-23-19/h4,6-7,9-10,14H,2-3,5,8,12H2,1H3. The van der Waals surface area contributed by atoms with Gasteiger partial charge in [-0.3, -0.25) is 4.79 Å². The number of aromatic nitrogens is 2. The van der Waals surface area contributed by atoms with Gasteiger partial charge in [0.15, 0.2) is 11.5 Å². The maximum atomic E-state index is 12.7. The Labute approximate surface area is 162 Å². The van der Waals surface area contributed by atoms with Crippen LogP contribution in [0.5, 0.6) is 11.5 Å². The summed E-state index contributed by atoms with van der Waals surface area (Å²) in [5.74, 6) is 0.318. The highest BCUT2D eigenvalue weighted by Gasteiger charge is 2.30. The van der Waals surface area contributed by atoms with Gasteiger partial charge < -0.3 is 14.4 Å². The number of piperidine rings is 1. The monoisotopic (exact) mass is 386 g/mol. The molecule has 1 aliphatic rings. The number of hydrogen-bond donors (Lipinski definition) is 0. The molecule has 1 atom stereocenters. The van der Waals surface area contributed by atoms with Crippen LogP contribution in [-0.2, 0) is 4.79 Å². The SMILES string of the molecule is CCOc1cc(C#N)cc(Cl)c1OC(=O)C1CCCN(c2ncccn2)C1. The molecule has 8 heteroatoms. The van der Waals surface area contributed by atoms with Crippen molar-refractivity contribution in [2.24, 2.45) is 5.92 Å². The third-order valence-electron chi connectivity index (χ3n) is 4.23. The van der Waals surface area contributed by atoms with Crippen LogP contribution in [-0.4, -0.2) is 35.6 Å². The topological polar surface area (TPSA) is 88.3 Å². The minimum absolute atomic E-state index is 0.149. The second kappa shape index (κ2) is 8.69. The Bertz CT molecular complexity index is 854. The Hall–Kier alpha value is -2.85. The van der Waals surface area contributed by atoms with Crippen molar-refractivity contribution in [2.45, 2.75) is 19.8 Å². The fourth-order valence-electron chi connectivity index (χ4n) is 2.98. The van der Waals surface area contributed by atoms with Gasteiger partial charge in [-0.2, -0.15) is 5.26 Å². The third kappa shape index (κ3) is 4.47. The summed E-state index contributed by atoms with van der Waals surface area (Å²) in [7, 11) is 0. The molecule has 3 rings (SSSR count). The van der Waals surface area contributed by atoms with Gasteiger partial charge in [0.25, 0.3) is 0 Å². The Morgan fingerprint density at radius 1 is 1.41 bits per heavy atom. The van der Waals surface area contributed by atoms with Crippen LogP contribution in [0.3, 0.4) is 0 Å². The fraction of sp³-hybridized carbons (Fsp3) is 0.368. The number of anilines is 1. The lowest BCUT2D eigenvalue weighted by atomic mass is 9.98. The molecule has 0 saturated carbocycles. The minimum atomic E-state index is -0.386. The van der Waals surface area contributed by atoms with E-state index in [0.717, 1.165) is 13.0 Å². The zero-order valence-electron chi connectivity index (χ0n) is 14.9. The summed E-state index contributed by atoms with van der Waals surface area (Å²) < 4.78 is 11.1. The van der Waals surface area contributed by atoms with Crippen LogP contribution >= 0.6 is 11.6 Å². The van der Waals surface area contributed by atoms with Gasteiger partial charge in [0.05, 0.1) is 29.2 Å². The van der Waals surface area contributed by atoms with E-state index in [1.165, 1.54) is 12.1 Å². The van der Waals surface area contributed by atoms with E-state index in [9.17, 15) is 4.79 Å². The van der Waals surface area contributed by atoms with Crippen molar-refractivity contribution < 1.29 is 14.3 Å². The molecular weight excluding hydrogens is 368 g/mol. The summed E-state index contributed by atoms with van der Waals surface area (Å²) in [6, 6.07) is 6.73. The molecule has 0 bridgehead atoms. The first-order valence-corrected chi connectivity index (χ1v) is 9.10. The first-order chi connectivity index (χ1) is 13.1. The predicted octanol–water partition coefficient (Wildman–Crippen LogP) is 3.22. The van der Waals surface area contributed by atoms with Gasteiger partial charge in [-0.1, -0.05) is 11.6 Å². The lowest BCUT2D eigenvalue weighted by Crippen LogP contribution is -2.41. The number of halogens is 1. The molecule has 7 nitrogen and oxygen atoms in total. The summed E-state index contributed by atoms with van der Waals surface area (Å²) in [6.45, 7) is 3.42. The second-order valence-electron chi connectivity index (χ2n) is 6.09. The molecule has 1 saturated heterocycles. The van der Waals surface area contributed by atoms with Gasteiger partial charge in [-0.05, 0) is 31.9 Å². The maximum Gasteiger partial charge on any atom is 0.316 e. The molecule has 0 aliphatic carbocycles. The molecule has 2 heterocycles. The van der Waals surface area contributed by atoms with E-state index in [1.54, 1.807) is 25.4 Å². The fourth-order valence-corrected chi connectivity index (χ4v) is 3.23. The van der Waals surface area contributed by atoms with E-state index in [4.69, 9.17) is 26.3 Å². The van der Waals surface area contributed by atoms with Gasteiger partial charge >= 0.3 is 5.97 Å². The van der Waals surface area contributed by atoms with Gasteiger partial charge in [0, 0.05) is 31.5 Å². The average molecular weight is 387 g/mol. The molecule has 0 spiro atoms. The molecule has 1 aliphatic heterocycles. The van der Waals surface area contributed by atoms with Crippen molar-refractivity contribution in [3.8, 4) is 17.6 Å². The molecule has 0 amide bonds. The molecule has 0 radical (unpaired) electrons. The van der Waals surface area contributed by atoms with E-state index < -0.39 is 0 Å². The van der Waals surface area contributed by atoms with Crippen LogP contribution < -0.4 is 14.4 Å². The zero-order chi connectivity index (χ0) is 19.2. The molecule has 1 fully saturated rings. The Kier molecular flexibility index (Phi) is 6.09. The first kappa shape index (κ1) is 18.9. The number of carbonyl (C=O) groups excluding carboxylic acids is 1. The minimum Gasteiger partial charge on any atom is -0.490 e. The lowest BCUT2D eigenvalue weighted by Gasteiger charge is -2.31. The van der Waals surface area contributed by atoms with Crippen LogP contribution in [0.4, 0.5) is 5.95 Å². The Balaban J connectivity index is 1.76. The van der Waals surface area contributed by atoms with Crippen LogP contribution in [0.1, 0.15) is 25.3 Å². The smallest absolute Gasteiger partial charge is 0.316 e.